The SMILES string of the molecule is Cc1cc(CCN2CCN(C(=O)Oc3ccc(CCSc4ccncc4)cc3)CC2)on1. The Morgan fingerprint density at radius 1 is 1.06 bits per heavy atom. The van der Waals surface area contributed by atoms with E-state index < -0.39 is 0 Å². The first-order valence-corrected chi connectivity index (χ1v) is 11.9. The van der Waals surface area contributed by atoms with Crippen LogP contribution in [0.15, 0.2) is 64.3 Å². The number of ether oxygens (including phenoxy) is 1. The smallest absolute Gasteiger partial charge is 0.410 e. The van der Waals surface area contributed by atoms with Crippen molar-refractivity contribution in [2.24, 2.45) is 0 Å². The largest absolute Gasteiger partial charge is 0.415 e. The first kappa shape index (κ1) is 22.4. The van der Waals surface area contributed by atoms with Gasteiger partial charge in [-0.2, -0.15) is 0 Å². The standard InChI is InChI=1S/C24H28N4O3S/c1-19-18-22(31-26-19)8-12-27-13-15-28(16-14-27)24(29)30-21-4-2-20(3-5-21)9-17-32-23-6-10-25-11-7-23/h2-7,10-11,18H,8-9,12-17H2,1H3. The van der Waals surface area contributed by atoms with Gasteiger partial charge in [0.15, 0.2) is 0 Å². The van der Waals surface area contributed by atoms with Gasteiger partial charge in [-0.1, -0.05) is 17.3 Å². The molecule has 8 heteroatoms. The minimum absolute atomic E-state index is 0.281. The highest BCUT2D eigenvalue weighted by molar-refractivity contribution is 7.99. The van der Waals surface area contributed by atoms with E-state index in [2.05, 4.69) is 15.0 Å². The average Bonchev–Trinajstić information content (AvgIpc) is 3.25. The highest BCUT2D eigenvalue weighted by atomic mass is 32.2. The number of carbonyl (C=O) groups excluding carboxylic acids is 1. The molecule has 0 unspecified atom stereocenters. The van der Waals surface area contributed by atoms with E-state index in [-0.39, 0.29) is 6.09 Å². The second kappa shape index (κ2) is 11.2. The van der Waals surface area contributed by atoms with Crippen molar-refractivity contribution in [2.45, 2.75) is 24.7 Å². The van der Waals surface area contributed by atoms with Gasteiger partial charge in [0, 0.05) is 68.3 Å². The lowest BCUT2D eigenvalue weighted by molar-refractivity contribution is 0.110. The molecule has 2 aromatic heterocycles. The zero-order chi connectivity index (χ0) is 22.2. The molecule has 32 heavy (non-hydrogen) atoms. The van der Waals surface area contributed by atoms with E-state index >= 15 is 0 Å². The molecule has 4 rings (SSSR count). The van der Waals surface area contributed by atoms with Gasteiger partial charge in [0.2, 0.25) is 0 Å². The monoisotopic (exact) mass is 452 g/mol. The van der Waals surface area contributed by atoms with Gasteiger partial charge in [-0.05, 0) is 43.2 Å². The van der Waals surface area contributed by atoms with E-state index in [1.165, 1.54) is 10.5 Å². The third-order valence-electron chi connectivity index (χ3n) is 5.42. The lowest BCUT2D eigenvalue weighted by atomic mass is 10.2. The van der Waals surface area contributed by atoms with Gasteiger partial charge in [0.05, 0.1) is 5.69 Å². The van der Waals surface area contributed by atoms with Gasteiger partial charge in [-0.15, -0.1) is 11.8 Å². The Balaban J connectivity index is 1.16. The Labute approximate surface area is 192 Å². The number of amides is 1. The molecule has 1 amide bonds. The number of hydrogen-bond acceptors (Lipinski definition) is 7. The molecule has 1 aromatic carbocycles. The molecule has 0 radical (unpaired) electrons. The highest BCUT2D eigenvalue weighted by Crippen LogP contribution is 2.20. The van der Waals surface area contributed by atoms with Crippen molar-refractivity contribution >= 4 is 17.9 Å². The molecule has 1 saturated heterocycles. The summed E-state index contributed by atoms with van der Waals surface area (Å²) in [6.07, 6.45) is 5.13. The van der Waals surface area contributed by atoms with E-state index in [1.54, 1.807) is 4.90 Å². The molecule has 1 aliphatic rings. The predicted molar refractivity (Wildman–Crippen MR) is 124 cm³/mol. The quantitative estimate of drug-likeness (QED) is 0.477. The topological polar surface area (TPSA) is 71.7 Å². The van der Waals surface area contributed by atoms with Crippen LogP contribution in [0.3, 0.4) is 0 Å². The van der Waals surface area contributed by atoms with Crippen LogP contribution in [-0.2, 0) is 12.8 Å². The Morgan fingerprint density at radius 3 is 2.50 bits per heavy atom. The molecule has 0 spiro atoms. The number of thioether (sulfide) groups is 1. The number of aryl methyl sites for hydroxylation is 2. The summed E-state index contributed by atoms with van der Waals surface area (Å²) < 4.78 is 10.8. The lowest BCUT2D eigenvalue weighted by Crippen LogP contribution is -2.49. The predicted octanol–water partition coefficient (Wildman–Crippen LogP) is 4.07. The molecule has 0 bridgehead atoms. The maximum absolute atomic E-state index is 12.5. The van der Waals surface area contributed by atoms with Crippen LogP contribution in [0, 0.1) is 6.92 Å². The maximum atomic E-state index is 12.5. The summed E-state index contributed by atoms with van der Waals surface area (Å²) in [5.74, 6) is 2.48. The molecule has 1 aliphatic heterocycles. The Morgan fingerprint density at radius 2 is 1.81 bits per heavy atom. The van der Waals surface area contributed by atoms with Crippen LogP contribution in [0.2, 0.25) is 0 Å². The van der Waals surface area contributed by atoms with E-state index in [4.69, 9.17) is 9.26 Å². The molecule has 3 heterocycles. The summed E-state index contributed by atoms with van der Waals surface area (Å²) in [6.45, 7) is 5.82. The number of nitrogens with zero attached hydrogens (tertiary/aromatic N) is 4. The molecule has 1 fully saturated rings. The zero-order valence-electron chi connectivity index (χ0n) is 18.3. The van der Waals surface area contributed by atoms with E-state index in [0.717, 1.165) is 49.7 Å². The molecular weight excluding hydrogens is 424 g/mol. The number of hydrogen-bond donors (Lipinski definition) is 0. The van der Waals surface area contributed by atoms with E-state index in [9.17, 15) is 4.79 Å². The first-order valence-electron chi connectivity index (χ1n) is 10.9. The van der Waals surface area contributed by atoms with Crippen molar-refractivity contribution in [1.29, 1.82) is 0 Å². The van der Waals surface area contributed by atoms with Crippen molar-refractivity contribution in [3.05, 3.63) is 71.9 Å². The van der Waals surface area contributed by atoms with Crippen LogP contribution < -0.4 is 4.74 Å². The van der Waals surface area contributed by atoms with Crippen molar-refractivity contribution in [3.63, 3.8) is 0 Å². The van der Waals surface area contributed by atoms with E-state index in [0.29, 0.717) is 18.8 Å². The number of aromatic nitrogens is 2. The van der Waals surface area contributed by atoms with Crippen molar-refractivity contribution in [3.8, 4) is 5.75 Å². The molecule has 3 aromatic rings. The van der Waals surface area contributed by atoms with Gasteiger partial charge >= 0.3 is 6.09 Å². The highest BCUT2D eigenvalue weighted by Gasteiger charge is 2.22. The van der Waals surface area contributed by atoms with Crippen LogP contribution in [0.1, 0.15) is 17.0 Å². The number of rotatable bonds is 8. The Bertz CT molecular complexity index is 986. The third kappa shape index (κ3) is 6.58. The molecule has 7 nitrogen and oxygen atoms in total. The normalized spacial score (nSPS) is 14.5. The second-order valence-electron chi connectivity index (χ2n) is 7.81. The van der Waals surface area contributed by atoms with Gasteiger partial charge in [0.1, 0.15) is 11.5 Å². The third-order valence-corrected chi connectivity index (χ3v) is 6.43. The van der Waals surface area contributed by atoms with Crippen molar-refractivity contribution in [1.82, 2.24) is 19.9 Å². The summed E-state index contributed by atoms with van der Waals surface area (Å²) in [6, 6.07) is 13.8. The average molecular weight is 453 g/mol. The number of carbonyl (C=O) groups is 1. The van der Waals surface area contributed by atoms with Crippen LogP contribution in [0.4, 0.5) is 4.79 Å². The van der Waals surface area contributed by atoms with Crippen LogP contribution in [0.25, 0.3) is 0 Å². The van der Waals surface area contributed by atoms with Crippen LogP contribution in [-0.4, -0.2) is 64.5 Å². The number of piperazine rings is 1. The van der Waals surface area contributed by atoms with Crippen LogP contribution in [0.5, 0.6) is 5.75 Å². The summed E-state index contributed by atoms with van der Waals surface area (Å²) in [5.41, 5.74) is 2.13. The maximum Gasteiger partial charge on any atom is 0.415 e. The van der Waals surface area contributed by atoms with Crippen LogP contribution >= 0.6 is 11.8 Å². The van der Waals surface area contributed by atoms with Crippen molar-refractivity contribution < 1.29 is 14.1 Å². The minimum Gasteiger partial charge on any atom is -0.410 e. The molecular formula is C24H28N4O3S. The van der Waals surface area contributed by atoms with Gasteiger partial charge < -0.3 is 14.2 Å². The summed E-state index contributed by atoms with van der Waals surface area (Å²) >= 11 is 1.81. The second-order valence-corrected chi connectivity index (χ2v) is 8.97. The van der Waals surface area contributed by atoms with E-state index in [1.807, 2.05) is 73.5 Å². The molecule has 0 aliphatic carbocycles. The summed E-state index contributed by atoms with van der Waals surface area (Å²) in [4.78, 5) is 21.9. The number of pyridine rings is 1. The van der Waals surface area contributed by atoms with Gasteiger partial charge in [0.25, 0.3) is 0 Å². The first-order chi connectivity index (χ1) is 15.7. The molecule has 0 saturated carbocycles. The van der Waals surface area contributed by atoms with Gasteiger partial charge in [-0.25, -0.2) is 4.79 Å². The molecule has 168 valence electrons. The molecule has 0 N–H and O–H groups in total. The zero-order valence-corrected chi connectivity index (χ0v) is 19.1. The fourth-order valence-electron chi connectivity index (χ4n) is 3.57. The lowest BCUT2D eigenvalue weighted by Gasteiger charge is -2.33. The van der Waals surface area contributed by atoms with Gasteiger partial charge in [-0.3, -0.25) is 9.88 Å². The summed E-state index contributed by atoms with van der Waals surface area (Å²) in [5, 5.41) is 3.92. The Kier molecular flexibility index (Phi) is 7.79. The fraction of sp³-hybridized carbons (Fsp3) is 0.375. The fourth-order valence-corrected chi connectivity index (χ4v) is 4.45. The summed E-state index contributed by atoms with van der Waals surface area (Å²) in [7, 11) is 0. The molecule has 0 atom stereocenters. The minimum atomic E-state index is -0.281. The Hall–Kier alpha value is -2.84. The van der Waals surface area contributed by atoms with Crippen molar-refractivity contribution in [2.75, 3.05) is 38.5 Å². The number of benzene rings is 1.